The minimum absolute atomic E-state index is 0.213. The van der Waals surface area contributed by atoms with Gasteiger partial charge in [-0.25, -0.2) is 0 Å². The first-order valence-electron chi connectivity index (χ1n) is 7.49. The predicted octanol–water partition coefficient (Wildman–Crippen LogP) is 0.432. The van der Waals surface area contributed by atoms with Crippen molar-refractivity contribution in [2.45, 2.75) is 57.5 Å². The number of ether oxygens (including phenoxy) is 5. The average Bonchev–Trinajstić information content (AvgIpc) is 2.48. The van der Waals surface area contributed by atoms with Gasteiger partial charge < -0.3 is 23.7 Å². The summed E-state index contributed by atoms with van der Waals surface area (Å²) in [5, 5.41) is 0. The maximum absolute atomic E-state index is 11.5. The zero-order valence-electron chi connectivity index (χ0n) is 14.7. The summed E-state index contributed by atoms with van der Waals surface area (Å²) in [5.74, 6) is -2.45. The topological polar surface area (TPSA) is 114 Å². The van der Waals surface area contributed by atoms with Gasteiger partial charge in [-0.2, -0.15) is 0 Å². The second-order valence-corrected chi connectivity index (χ2v) is 6.24. The summed E-state index contributed by atoms with van der Waals surface area (Å²) >= 11 is 1.21. The Balaban J connectivity index is 3.18. The highest BCUT2D eigenvalue weighted by Crippen LogP contribution is 2.33. The number of esters is 4. The Bertz CT molecular complexity index is 521. The van der Waals surface area contributed by atoms with Gasteiger partial charge >= 0.3 is 23.9 Å². The molecule has 0 spiro atoms. The van der Waals surface area contributed by atoms with Crippen molar-refractivity contribution in [2.24, 2.45) is 0 Å². The Morgan fingerprint density at radius 1 is 0.800 bits per heavy atom. The maximum Gasteiger partial charge on any atom is 0.303 e. The first-order valence-corrected chi connectivity index (χ1v) is 8.77. The summed E-state index contributed by atoms with van der Waals surface area (Å²) in [6.45, 7) is 4.57. The Morgan fingerprint density at radius 3 is 1.72 bits per heavy atom. The van der Waals surface area contributed by atoms with Gasteiger partial charge in [-0.3, -0.25) is 19.2 Å². The van der Waals surface area contributed by atoms with E-state index in [2.05, 4.69) is 0 Å². The van der Waals surface area contributed by atoms with Gasteiger partial charge in [0.15, 0.2) is 18.3 Å². The van der Waals surface area contributed by atoms with E-state index in [1.807, 2.05) is 0 Å². The third kappa shape index (κ3) is 6.54. The number of rotatable bonds is 6. The second kappa shape index (κ2) is 9.62. The highest BCUT2D eigenvalue weighted by atomic mass is 32.2. The smallest absolute Gasteiger partial charge is 0.303 e. The lowest BCUT2D eigenvalue weighted by Crippen LogP contribution is -2.61. The SMILES string of the molecule is CS[C@@H]1O[C@H](COC(C)=O)[C@@H](OC(C)=O)[C@H](OC(C)=O)[C@@H]1OC(C)=O. The van der Waals surface area contributed by atoms with Crippen molar-refractivity contribution in [2.75, 3.05) is 12.9 Å². The standard InChI is InChI=1S/C15H22O9S/c1-7(16)20-6-11-12(21-8(2)17)13(22-9(3)18)14(23-10(4)19)15(24-11)25-5/h11-15H,6H2,1-5H3/t11-,12-,13+,14+,15+/m1/s1. The molecule has 10 heteroatoms. The Kier molecular flexibility index (Phi) is 8.17. The fourth-order valence-corrected chi connectivity index (χ4v) is 3.11. The van der Waals surface area contributed by atoms with Crippen LogP contribution in [0.4, 0.5) is 0 Å². The number of hydrogen-bond acceptors (Lipinski definition) is 10. The molecule has 0 amide bonds. The van der Waals surface area contributed by atoms with E-state index in [-0.39, 0.29) is 6.61 Å². The molecule has 0 aromatic carbocycles. The third-order valence-corrected chi connectivity index (χ3v) is 4.02. The molecule has 142 valence electrons. The molecule has 0 radical (unpaired) electrons. The van der Waals surface area contributed by atoms with Gasteiger partial charge in [-0.1, -0.05) is 0 Å². The molecule has 1 fully saturated rings. The molecule has 1 aliphatic rings. The van der Waals surface area contributed by atoms with Crippen molar-refractivity contribution in [3.05, 3.63) is 0 Å². The molecule has 5 atom stereocenters. The molecule has 1 aliphatic heterocycles. The van der Waals surface area contributed by atoms with Gasteiger partial charge in [-0.15, -0.1) is 11.8 Å². The normalized spacial score (nSPS) is 28.6. The van der Waals surface area contributed by atoms with Gasteiger partial charge in [0.1, 0.15) is 18.1 Å². The number of carbonyl (C=O) groups excluding carboxylic acids is 4. The van der Waals surface area contributed by atoms with Crippen LogP contribution in [0.3, 0.4) is 0 Å². The summed E-state index contributed by atoms with van der Waals surface area (Å²) in [7, 11) is 0. The summed E-state index contributed by atoms with van der Waals surface area (Å²) in [4.78, 5) is 45.5. The quantitative estimate of drug-likeness (QED) is 0.476. The Labute approximate surface area is 149 Å². The number of thioether (sulfide) groups is 1. The lowest BCUT2D eigenvalue weighted by molar-refractivity contribution is -0.237. The van der Waals surface area contributed by atoms with Crippen molar-refractivity contribution < 1.29 is 42.9 Å². The predicted molar refractivity (Wildman–Crippen MR) is 85.5 cm³/mol. The van der Waals surface area contributed by atoms with Crippen LogP contribution >= 0.6 is 11.8 Å². The molecule has 0 aliphatic carbocycles. The molecule has 0 saturated carbocycles. The number of carbonyl (C=O) groups is 4. The van der Waals surface area contributed by atoms with E-state index < -0.39 is 53.7 Å². The minimum atomic E-state index is -1.10. The monoisotopic (exact) mass is 378 g/mol. The van der Waals surface area contributed by atoms with E-state index in [4.69, 9.17) is 23.7 Å². The summed E-state index contributed by atoms with van der Waals surface area (Å²) in [6, 6.07) is 0. The lowest BCUT2D eigenvalue weighted by Gasteiger charge is -2.43. The first-order chi connectivity index (χ1) is 11.6. The van der Waals surface area contributed by atoms with Gasteiger partial charge in [0.05, 0.1) is 0 Å². The highest BCUT2D eigenvalue weighted by Gasteiger charge is 2.51. The molecule has 1 heterocycles. The van der Waals surface area contributed by atoms with E-state index in [0.717, 1.165) is 0 Å². The van der Waals surface area contributed by atoms with Crippen molar-refractivity contribution in [3.8, 4) is 0 Å². The van der Waals surface area contributed by atoms with Crippen molar-refractivity contribution in [1.82, 2.24) is 0 Å². The van der Waals surface area contributed by atoms with E-state index in [9.17, 15) is 19.2 Å². The highest BCUT2D eigenvalue weighted by molar-refractivity contribution is 7.99. The van der Waals surface area contributed by atoms with E-state index in [0.29, 0.717) is 0 Å². The van der Waals surface area contributed by atoms with Crippen LogP contribution < -0.4 is 0 Å². The molecule has 0 aromatic rings. The molecule has 0 N–H and O–H groups in total. The summed E-state index contributed by atoms with van der Waals surface area (Å²) < 4.78 is 26.4. The van der Waals surface area contributed by atoms with E-state index in [1.165, 1.54) is 39.5 Å². The minimum Gasteiger partial charge on any atom is -0.463 e. The fraction of sp³-hybridized carbons (Fsp3) is 0.733. The molecule has 0 bridgehead atoms. The maximum atomic E-state index is 11.5. The van der Waals surface area contributed by atoms with Crippen LogP contribution in [0.5, 0.6) is 0 Å². The summed E-state index contributed by atoms with van der Waals surface area (Å²) in [5.41, 5.74) is -0.708. The number of hydrogen-bond donors (Lipinski definition) is 0. The van der Waals surface area contributed by atoms with Gasteiger partial charge in [0.25, 0.3) is 0 Å². The van der Waals surface area contributed by atoms with E-state index >= 15 is 0 Å². The van der Waals surface area contributed by atoms with Gasteiger partial charge in [0, 0.05) is 27.7 Å². The van der Waals surface area contributed by atoms with Crippen LogP contribution in [0.2, 0.25) is 0 Å². The van der Waals surface area contributed by atoms with Gasteiger partial charge in [-0.05, 0) is 6.26 Å². The molecule has 9 nitrogen and oxygen atoms in total. The van der Waals surface area contributed by atoms with E-state index in [1.54, 1.807) is 6.26 Å². The Morgan fingerprint density at radius 2 is 1.28 bits per heavy atom. The van der Waals surface area contributed by atoms with Crippen LogP contribution in [-0.2, 0) is 42.9 Å². The third-order valence-electron chi connectivity index (χ3n) is 3.18. The molecule has 0 unspecified atom stereocenters. The molecular weight excluding hydrogens is 356 g/mol. The second-order valence-electron chi connectivity index (χ2n) is 5.30. The largest absolute Gasteiger partial charge is 0.463 e. The fourth-order valence-electron chi connectivity index (χ4n) is 2.38. The van der Waals surface area contributed by atoms with Crippen LogP contribution in [0, 0.1) is 0 Å². The van der Waals surface area contributed by atoms with Crippen molar-refractivity contribution in [3.63, 3.8) is 0 Å². The first kappa shape index (κ1) is 21.2. The zero-order valence-corrected chi connectivity index (χ0v) is 15.5. The van der Waals surface area contributed by atoms with Crippen LogP contribution in [-0.4, -0.2) is 66.6 Å². The molecular formula is C15H22O9S. The van der Waals surface area contributed by atoms with Crippen LogP contribution in [0.1, 0.15) is 27.7 Å². The van der Waals surface area contributed by atoms with Crippen LogP contribution in [0.15, 0.2) is 0 Å². The van der Waals surface area contributed by atoms with Gasteiger partial charge in [0.2, 0.25) is 0 Å². The molecule has 1 saturated heterocycles. The van der Waals surface area contributed by atoms with Crippen molar-refractivity contribution in [1.29, 1.82) is 0 Å². The average molecular weight is 378 g/mol. The summed E-state index contributed by atoms with van der Waals surface area (Å²) in [6.07, 6.45) is -2.37. The lowest BCUT2D eigenvalue weighted by atomic mass is 9.99. The van der Waals surface area contributed by atoms with Crippen molar-refractivity contribution >= 4 is 35.6 Å². The molecule has 25 heavy (non-hydrogen) atoms. The molecule has 0 aromatic heterocycles. The zero-order chi connectivity index (χ0) is 19.1. The van der Waals surface area contributed by atoms with Crippen LogP contribution in [0.25, 0.3) is 0 Å². The Hall–Kier alpha value is -1.81. The molecule has 1 rings (SSSR count).